The van der Waals surface area contributed by atoms with Gasteiger partial charge in [0.05, 0.1) is 11.0 Å². The van der Waals surface area contributed by atoms with Gasteiger partial charge < -0.3 is 10.4 Å². The summed E-state index contributed by atoms with van der Waals surface area (Å²) in [6.07, 6.45) is -4.23. The van der Waals surface area contributed by atoms with E-state index in [0.717, 1.165) is 0 Å². The number of halogens is 4. The molecule has 1 aromatic carbocycles. The van der Waals surface area contributed by atoms with E-state index in [1.54, 1.807) is 18.2 Å². The SMILES string of the molecule is Oc1c(Br)cccc1CNCC(F)(F)F. The molecule has 0 aliphatic carbocycles. The second-order valence-electron chi connectivity index (χ2n) is 2.97. The van der Waals surface area contributed by atoms with Crippen molar-refractivity contribution >= 4 is 15.9 Å². The van der Waals surface area contributed by atoms with Gasteiger partial charge in [-0.25, -0.2) is 0 Å². The summed E-state index contributed by atoms with van der Waals surface area (Å²) in [5, 5.41) is 11.7. The second kappa shape index (κ2) is 4.85. The molecule has 0 radical (unpaired) electrons. The molecule has 0 saturated carbocycles. The average molecular weight is 284 g/mol. The number of para-hydroxylation sites is 1. The van der Waals surface area contributed by atoms with Crippen LogP contribution in [-0.4, -0.2) is 17.8 Å². The first-order chi connectivity index (χ1) is 6.90. The van der Waals surface area contributed by atoms with E-state index < -0.39 is 12.7 Å². The van der Waals surface area contributed by atoms with Gasteiger partial charge in [0.1, 0.15) is 5.75 Å². The van der Waals surface area contributed by atoms with Gasteiger partial charge in [0, 0.05) is 12.1 Å². The maximum Gasteiger partial charge on any atom is 0.401 e. The fraction of sp³-hybridized carbons (Fsp3) is 0.333. The fourth-order valence-electron chi connectivity index (χ4n) is 1.04. The van der Waals surface area contributed by atoms with E-state index in [-0.39, 0.29) is 12.3 Å². The number of benzene rings is 1. The Hall–Kier alpha value is -0.750. The number of rotatable bonds is 3. The highest BCUT2D eigenvalue weighted by Crippen LogP contribution is 2.27. The van der Waals surface area contributed by atoms with Crippen molar-refractivity contribution in [3.8, 4) is 5.75 Å². The monoisotopic (exact) mass is 283 g/mol. The number of aromatic hydroxyl groups is 1. The molecule has 2 N–H and O–H groups in total. The Labute approximate surface area is 93.2 Å². The van der Waals surface area contributed by atoms with Crippen LogP contribution >= 0.6 is 15.9 Å². The summed E-state index contributed by atoms with van der Waals surface area (Å²) in [6, 6.07) is 4.82. The van der Waals surface area contributed by atoms with Crippen LogP contribution < -0.4 is 5.32 Å². The van der Waals surface area contributed by atoms with E-state index in [4.69, 9.17) is 0 Å². The summed E-state index contributed by atoms with van der Waals surface area (Å²) >= 11 is 3.08. The minimum Gasteiger partial charge on any atom is -0.506 e. The third-order valence-corrected chi connectivity index (χ3v) is 2.35. The second-order valence-corrected chi connectivity index (χ2v) is 3.82. The number of alkyl halides is 3. The lowest BCUT2D eigenvalue weighted by Crippen LogP contribution is -2.28. The van der Waals surface area contributed by atoms with Crippen LogP contribution in [0.1, 0.15) is 5.56 Å². The molecule has 0 bridgehead atoms. The van der Waals surface area contributed by atoms with E-state index in [2.05, 4.69) is 21.2 Å². The number of phenolic OH excluding ortho intramolecular Hbond substituents is 1. The van der Waals surface area contributed by atoms with Crippen molar-refractivity contribution in [2.24, 2.45) is 0 Å². The molecular weight excluding hydrogens is 275 g/mol. The number of phenols is 1. The molecule has 0 spiro atoms. The average Bonchev–Trinajstić information content (AvgIpc) is 2.10. The summed E-state index contributed by atoms with van der Waals surface area (Å²) in [7, 11) is 0. The Morgan fingerprint density at radius 1 is 1.33 bits per heavy atom. The molecule has 0 amide bonds. The maximum atomic E-state index is 11.8. The summed E-state index contributed by atoms with van der Waals surface area (Å²) in [5.74, 6) is -0.0350. The highest BCUT2D eigenvalue weighted by atomic mass is 79.9. The van der Waals surface area contributed by atoms with Gasteiger partial charge in [0.15, 0.2) is 0 Å². The largest absolute Gasteiger partial charge is 0.506 e. The quantitative estimate of drug-likeness (QED) is 0.894. The van der Waals surface area contributed by atoms with Crippen molar-refractivity contribution < 1.29 is 18.3 Å². The predicted octanol–water partition coefficient (Wildman–Crippen LogP) is 2.81. The van der Waals surface area contributed by atoms with Gasteiger partial charge in [-0.15, -0.1) is 0 Å². The molecular formula is C9H9BrF3NO. The minimum atomic E-state index is -4.23. The van der Waals surface area contributed by atoms with Crippen LogP contribution in [0, 0.1) is 0 Å². The van der Waals surface area contributed by atoms with Crippen molar-refractivity contribution in [2.45, 2.75) is 12.7 Å². The van der Waals surface area contributed by atoms with Crippen molar-refractivity contribution in [1.29, 1.82) is 0 Å². The van der Waals surface area contributed by atoms with Gasteiger partial charge in [-0.1, -0.05) is 12.1 Å². The minimum absolute atomic E-state index is 0.0230. The van der Waals surface area contributed by atoms with Gasteiger partial charge in [-0.05, 0) is 22.0 Å². The van der Waals surface area contributed by atoms with E-state index in [1.807, 2.05) is 0 Å². The highest BCUT2D eigenvalue weighted by Gasteiger charge is 2.26. The zero-order chi connectivity index (χ0) is 11.5. The van der Waals surface area contributed by atoms with Crippen LogP contribution in [0.15, 0.2) is 22.7 Å². The van der Waals surface area contributed by atoms with Crippen molar-refractivity contribution in [3.63, 3.8) is 0 Å². The Morgan fingerprint density at radius 3 is 2.60 bits per heavy atom. The van der Waals surface area contributed by atoms with Gasteiger partial charge in [-0.2, -0.15) is 13.2 Å². The Bertz CT molecular complexity index is 341. The molecule has 0 aliphatic heterocycles. The molecule has 1 rings (SSSR count). The number of nitrogens with one attached hydrogen (secondary N) is 1. The summed E-state index contributed by atoms with van der Waals surface area (Å²) < 4.78 is 35.9. The van der Waals surface area contributed by atoms with Crippen LogP contribution in [0.25, 0.3) is 0 Å². The smallest absolute Gasteiger partial charge is 0.401 e. The van der Waals surface area contributed by atoms with Crippen LogP contribution in [0.4, 0.5) is 13.2 Å². The molecule has 2 nitrogen and oxygen atoms in total. The zero-order valence-corrected chi connectivity index (χ0v) is 9.19. The molecule has 15 heavy (non-hydrogen) atoms. The Balaban J connectivity index is 2.55. The van der Waals surface area contributed by atoms with Gasteiger partial charge in [-0.3, -0.25) is 0 Å². The first-order valence-corrected chi connectivity index (χ1v) is 4.93. The van der Waals surface area contributed by atoms with Crippen molar-refractivity contribution in [3.05, 3.63) is 28.2 Å². The summed E-state index contributed by atoms with van der Waals surface area (Å²) in [5.41, 5.74) is 0.425. The molecule has 6 heteroatoms. The van der Waals surface area contributed by atoms with Crippen LogP contribution in [-0.2, 0) is 6.54 Å². The topological polar surface area (TPSA) is 32.3 Å². The van der Waals surface area contributed by atoms with E-state index in [0.29, 0.717) is 10.0 Å². The molecule has 1 aromatic rings. The molecule has 0 saturated heterocycles. The number of hydrogen-bond donors (Lipinski definition) is 2. The lowest BCUT2D eigenvalue weighted by atomic mass is 10.2. The summed E-state index contributed by atoms with van der Waals surface area (Å²) in [4.78, 5) is 0. The van der Waals surface area contributed by atoms with Crippen LogP contribution in [0.5, 0.6) is 5.75 Å². The van der Waals surface area contributed by atoms with E-state index in [9.17, 15) is 18.3 Å². The van der Waals surface area contributed by atoms with Crippen molar-refractivity contribution in [1.82, 2.24) is 5.32 Å². The maximum absolute atomic E-state index is 11.8. The molecule has 0 heterocycles. The normalized spacial score (nSPS) is 11.7. The summed E-state index contributed by atoms with van der Waals surface area (Å²) in [6.45, 7) is -1.09. The predicted molar refractivity (Wildman–Crippen MR) is 53.6 cm³/mol. The first-order valence-electron chi connectivity index (χ1n) is 4.14. The fourth-order valence-corrected chi connectivity index (χ4v) is 1.45. The lowest BCUT2D eigenvalue weighted by molar-refractivity contribution is -0.125. The standard InChI is InChI=1S/C9H9BrF3NO/c10-7-3-1-2-6(8(7)15)4-14-5-9(11,12)13/h1-3,14-15H,4-5H2. The Morgan fingerprint density at radius 2 is 2.00 bits per heavy atom. The third-order valence-electron chi connectivity index (χ3n) is 1.71. The van der Waals surface area contributed by atoms with E-state index in [1.165, 1.54) is 0 Å². The lowest BCUT2D eigenvalue weighted by Gasteiger charge is -2.09. The molecule has 0 aromatic heterocycles. The Kier molecular flexibility index (Phi) is 3.98. The molecule has 0 unspecified atom stereocenters. The molecule has 0 aliphatic rings. The zero-order valence-electron chi connectivity index (χ0n) is 7.61. The van der Waals surface area contributed by atoms with E-state index >= 15 is 0 Å². The first kappa shape index (κ1) is 12.3. The van der Waals surface area contributed by atoms with Gasteiger partial charge >= 0.3 is 6.18 Å². The van der Waals surface area contributed by atoms with Crippen molar-refractivity contribution in [2.75, 3.05) is 6.54 Å². The van der Waals surface area contributed by atoms with Gasteiger partial charge in [0.2, 0.25) is 0 Å². The third kappa shape index (κ3) is 4.09. The molecule has 0 fully saturated rings. The van der Waals surface area contributed by atoms with Crippen LogP contribution in [0.2, 0.25) is 0 Å². The molecule has 84 valence electrons. The van der Waals surface area contributed by atoms with Gasteiger partial charge in [0.25, 0.3) is 0 Å². The molecule has 0 atom stereocenters. The number of hydrogen-bond acceptors (Lipinski definition) is 2. The highest BCUT2D eigenvalue weighted by molar-refractivity contribution is 9.10. The van der Waals surface area contributed by atoms with Crippen LogP contribution in [0.3, 0.4) is 0 Å².